The van der Waals surface area contributed by atoms with E-state index < -0.39 is 29.6 Å². The molecule has 1 aromatic rings. The van der Waals surface area contributed by atoms with Crippen molar-refractivity contribution in [3.8, 4) is 5.75 Å². The lowest BCUT2D eigenvalue weighted by atomic mass is 10.1. The Morgan fingerprint density at radius 3 is 2.72 bits per heavy atom. The summed E-state index contributed by atoms with van der Waals surface area (Å²) in [7, 11) is 0. The van der Waals surface area contributed by atoms with Gasteiger partial charge in [0.05, 0.1) is 0 Å². The van der Waals surface area contributed by atoms with Gasteiger partial charge in [-0.2, -0.15) is 0 Å². The number of ether oxygens (including phenoxy) is 2. The second kappa shape index (κ2) is 6.70. The number of alkyl carbamates (subject to hydrolysis) is 1. The van der Waals surface area contributed by atoms with Gasteiger partial charge in [-0.1, -0.05) is 6.07 Å². The summed E-state index contributed by atoms with van der Waals surface area (Å²) in [6.45, 7) is 1.32. The number of alkyl halides is 3. The minimum absolute atomic E-state index is 0.195. The van der Waals surface area contributed by atoms with Gasteiger partial charge in [0.2, 0.25) is 0 Å². The van der Waals surface area contributed by atoms with Crippen LogP contribution in [-0.4, -0.2) is 31.6 Å². The summed E-state index contributed by atoms with van der Waals surface area (Å²) in [5.41, 5.74) is -0.743. The second-order valence-corrected chi connectivity index (χ2v) is 6.25. The SMILES string of the molecule is O=C(NC[C@H]1CCCN1)OC1(c2ccc(F)c(OC(F)(F)F)c2)CC1. The Bertz CT molecular complexity index is 641. The monoisotopic (exact) mass is 362 g/mol. The highest BCUT2D eigenvalue weighted by atomic mass is 19.4. The van der Waals surface area contributed by atoms with E-state index >= 15 is 0 Å². The third-order valence-electron chi connectivity index (χ3n) is 4.33. The minimum atomic E-state index is -5.00. The first-order valence-electron chi connectivity index (χ1n) is 8.03. The Labute approximate surface area is 141 Å². The van der Waals surface area contributed by atoms with Gasteiger partial charge >= 0.3 is 12.5 Å². The number of halogens is 4. The van der Waals surface area contributed by atoms with Crippen molar-refractivity contribution in [1.29, 1.82) is 0 Å². The first-order chi connectivity index (χ1) is 11.8. The predicted molar refractivity (Wildman–Crippen MR) is 79.5 cm³/mol. The first-order valence-corrected chi connectivity index (χ1v) is 8.03. The molecular formula is C16H18F4N2O3. The van der Waals surface area contributed by atoms with Gasteiger partial charge in [0.1, 0.15) is 5.60 Å². The minimum Gasteiger partial charge on any atom is -0.438 e. The summed E-state index contributed by atoms with van der Waals surface area (Å²) in [6, 6.07) is 3.31. The average Bonchev–Trinajstić information content (AvgIpc) is 3.10. The average molecular weight is 362 g/mol. The lowest BCUT2D eigenvalue weighted by Crippen LogP contribution is -2.38. The van der Waals surface area contributed by atoms with Crippen LogP contribution >= 0.6 is 0 Å². The highest BCUT2D eigenvalue weighted by Gasteiger charge is 2.49. The quantitative estimate of drug-likeness (QED) is 0.790. The molecule has 1 saturated carbocycles. The zero-order chi connectivity index (χ0) is 18.1. The van der Waals surface area contributed by atoms with Crippen LogP contribution in [-0.2, 0) is 10.3 Å². The van der Waals surface area contributed by atoms with E-state index in [2.05, 4.69) is 15.4 Å². The van der Waals surface area contributed by atoms with Crippen molar-refractivity contribution in [1.82, 2.24) is 10.6 Å². The Morgan fingerprint density at radius 2 is 2.12 bits per heavy atom. The lowest BCUT2D eigenvalue weighted by Gasteiger charge is -2.20. The summed E-state index contributed by atoms with van der Waals surface area (Å²) in [4.78, 5) is 12.0. The van der Waals surface area contributed by atoms with Crippen molar-refractivity contribution < 1.29 is 31.8 Å². The molecule has 1 aromatic carbocycles. The summed E-state index contributed by atoms with van der Waals surface area (Å²) >= 11 is 0. The number of hydrogen-bond donors (Lipinski definition) is 2. The molecule has 1 aliphatic carbocycles. The molecule has 1 heterocycles. The highest BCUT2D eigenvalue weighted by Crippen LogP contribution is 2.50. The molecular weight excluding hydrogens is 344 g/mol. The molecule has 0 spiro atoms. The van der Waals surface area contributed by atoms with Crippen LogP contribution in [0.15, 0.2) is 18.2 Å². The van der Waals surface area contributed by atoms with Gasteiger partial charge in [0.25, 0.3) is 0 Å². The van der Waals surface area contributed by atoms with Crippen molar-refractivity contribution in [3.63, 3.8) is 0 Å². The number of amides is 1. The van der Waals surface area contributed by atoms with Crippen molar-refractivity contribution in [2.75, 3.05) is 13.1 Å². The van der Waals surface area contributed by atoms with E-state index in [-0.39, 0.29) is 11.6 Å². The van der Waals surface area contributed by atoms with Gasteiger partial charge in [-0.3, -0.25) is 0 Å². The standard InChI is InChI=1S/C16H18F4N2O3/c17-12-4-3-10(8-13(12)24-16(18,19)20)15(5-6-15)25-14(23)22-9-11-2-1-7-21-11/h3-4,8,11,21H,1-2,5-7,9H2,(H,22,23)/t11-/m1/s1. The molecule has 1 saturated heterocycles. The van der Waals surface area contributed by atoms with Gasteiger partial charge < -0.3 is 20.1 Å². The number of benzene rings is 1. The Kier molecular flexibility index (Phi) is 4.77. The molecule has 1 amide bonds. The molecule has 0 radical (unpaired) electrons. The van der Waals surface area contributed by atoms with Crippen molar-refractivity contribution in [2.24, 2.45) is 0 Å². The topological polar surface area (TPSA) is 59.6 Å². The number of rotatable bonds is 5. The maximum absolute atomic E-state index is 13.5. The molecule has 9 heteroatoms. The van der Waals surface area contributed by atoms with Gasteiger partial charge in [0, 0.05) is 12.6 Å². The van der Waals surface area contributed by atoms with Crippen LogP contribution < -0.4 is 15.4 Å². The van der Waals surface area contributed by atoms with Gasteiger partial charge in [-0.15, -0.1) is 13.2 Å². The summed E-state index contributed by atoms with van der Waals surface area (Å²) in [5, 5.41) is 5.87. The van der Waals surface area contributed by atoms with E-state index in [1.54, 1.807) is 0 Å². The normalized spacial score (nSPS) is 21.7. The number of carbonyl (C=O) groups excluding carboxylic acids is 1. The fourth-order valence-corrected chi connectivity index (χ4v) is 2.90. The fourth-order valence-electron chi connectivity index (χ4n) is 2.90. The van der Waals surface area contributed by atoms with Crippen molar-refractivity contribution in [2.45, 2.75) is 43.7 Å². The Morgan fingerprint density at radius 1 is 1.36 bits per heavy atom. The lowest BCUT2D eigenvalue weighted by molar-refractivity contribution is -0.275. The van der Waals surface area contributed by atoms with E-state index in [0.29, 0.717) is 19.4 Å². The van der Waals surface area contributed by atoms with Crippen molar-refractivity contribution in [3.05, 3.63) is 29.6 Å². The Hall–Kier alpha value is -2.03. The maximum Gasteiger partial charge on any atom is 0.573 e. The molecule has 2 aliphatic rings. The van der Waals surface area contributed by atoms with Crippen LogP contribution in [0.2, 0.25) is 0 Å². The highest BCUT2D eigenvalue weighted by molar-refractivity contribution is 5.68. The van der Waals surface area contributed by atoms with E-state index in [0.717, 1.165) is 31.5 Å². The molecule has 1 aliphatic heterocycles. The van der Waals surface area contributed by atoms with Gasteiger partial charge in [-0.25, -0.2) is 9.18 Å². The second-order valence-electron chi connectivity index (χ2n) is 6.25. The number of hydrogen-bond acceptors (Lipinski definition) is 4. The number of carbonyl (C=O) groups is 1. The van der Waals surface area contributed by atoms with E-state index in [9.17, 15) is 22.4 Å². The third kappa shape index (κ3) is 4.53. The summed E-state index contributed by atoms with van der Waals surface area (Å²) in [5.74, 6) is -2.07. The van der Waals surface area contributed by atoms with Crippen LogP contribution in [0.1, 0.15) is 31.2 Å². The van der Waals surface area contributed by atoms with E-state index in [4.69, 9.17) is 4.74 Å². The molecule has 25 heavy (non-hydrogen) atoms. The molecule has 138 valence electrons. The largest absolute Gasteiger partial charge is 0.573 e. The van der Waals surface area contributed by atoms with Crippen LogP contribution in [0.25, 0.3) is 0 Å². The molecule has 5 nitrogen and oxygen atoms in total. The van der Waals surface area contributed by atoms with Gasteiger partial charge in [0.15, 0.2) is 11.6 Å². The molecule has 2 fully saturated rings. The van der Waals surface area contributed by atoms with Crippen LogP contribution in [0.5, 0.6) is 5.75 Å². The zero-order valence-electron chi connectivity index (χ0n) is 13.3. The Balaban J connectivity index is 1.64. The van der Waals surface area contributed by atoms with Crippen LogP contribution in [0.3, 0.4) is 0 Å². The van der Waals surface area contributed by atoms with E-state index in [1.165, 1.54) is 6.07 Å². The van der Waals surface area contributed by atoms with Gasteiger partial charge in [-0.05, 0) is 49.9 Å². The molecule has 1 atom stereocenters. The predicted octanol–water partition coefficient (Wildman–Crippen LogP) is 3.19. The molecule has 0 bridgehead atoms. The number of nitrogens with one attached hydrogen (secondary N) is 2. The van der Waals surface area contributed by atoms with E-state index in [1.807, 2.05) is 0 Å². The van der Waals surface area contributed by atoms with Crippen LogP contribution in [0, 0.1) is 5.82 Å². The fraction of sp³-hybridized carbons (Fsp3) is 0.562. The smallest absolute Gasteiger partial charge is 0.438 e. The summed E-state index contributed by atoms with van der Waals surface area (Å²) in [6.07, 6.45) is -2.72. The summed E-state index contributed by atoms with van der Waals surface area (Å²) < 4.78 is 59.6. The third-order valence-corrected chi connectivity index (χ3v) is 4.33. The maximum atomic E-state index is 13.5. The molecule has 0 unspecified atom stereocenters. The first kappa shape index (κ1) is 17.8. The zero-order valence-corrected chi connectivity index (χ0v) is 13.3. The molecule has 3 rings (SSSR count). The van der Waals surface area contributed by atoms with Crippen molar-refractivity contribution >= 4 is 6.09 Å². The molecule has 0 aromatic heterocycles. The molecule has 2 N–H and O–H groups in total. The van der Waals surface area contributed by atoms with Crippen LogP contribution in [0.4, 0.5) is 22.4 Å².